The van der Waals surface area contributed by atoms with Crippen LogP contribution in [-0.4, -0.2) is 78.3 Å². The summed E-state index contributed by atoms with van der Waals surface area (Å²) in [5.74, 6) is -0.0130. The Balaban J connectivity index is 1.25. The van der Waals surface area contributed by atoms with Gasteiger partial charge in [-0.25, -0.2) is 8.42 Å². The summed E-state index contributed by atoms with van der Waals surface area (Å²) >= 11 is 5.27. The lowest BCUT2D eigenvalue weighted by molar-refractivity contribution is -0.125. The Hall–Kier alpha value is -1.55. The smallest absolute Gasteiger partial charge is 0.251 e. The van der Waals surface area contributed by atoms with Crippen LogP contribution in [0.4, 0.5) is 0 Å². The van der Waals surface area contributed by atoms with Crippen molar-refractivity contribution < 1.29 is 13.2 Å². The van der Waals surface area contributed by atoms with E-state index in [-0.39, 0.29) is 5.91 Å². The highest BCUT2D eigenvalue weighted by Gasteiger charge is 2.42. The zero-order valence-corrected chi connectivity index (χ0v) is 20.9. The molecule has 1 aromatic rings. The first-order valence-electron chi connectivity index (χ1n) is 11.6. The number of carbonyl (C=O) groups excluding carboxylic acids is 1. The highest BCUT2D eigenvalue weighted by Crippen LogP contribution is 2.22. The van der Waals surface area contributed by atoms with Crippen LogP contribution in [0.2, 0.25) is 0 Å². The summed E-state index contributed by atoms with van der Waals surface area (Å²) in [4.78, 5) is 16.7. The largest absolute Gasteiger partial charge is 0.335 e. The molecule has 0 saturated carbocycles. The molecule has 1 N–H and O–H groups in total. The molecule has 9 heteroatoms. The Bertz CT molecular complexity index is 882. The molecular formula is C23H36N4O3S2. The van der Waals surface area contributed by atoms with E-state index in [4.69, 9.17) is 12.2 Å². The fraction of sp³-hybridized carbons (Fsp3) is 0.652. The van der Waals surface area contributed by atoms with Crippen LogP contribution in [-0.2, 0) is 14.8 Å². The van der Waals surface area contributed by atoms with Crippen LogP contribution in [0.1, 0.15) is 52.4 Å². The van der Waals surface area contributed by atoms with Crippen LogP contribution in [0, 0.1) is 0 Å². The third-order valence-corrected chi connectivity index (χ3v) is 8.75. The average Bonchev–Trinajstić information content (AvgIpc) is 2.97. The van der Waals surface area contributed by atoms with Crippen molar-refractivity contribution in [3.63, 3.8) is 0 Å². The summed E-state index contributed by atoms with van der Waals surface area (Å²) in [6.07, 6.45) is 6.90. The maximum absolute atomic E-state index is 12.7. The van der Waals surface area contributed by atoms with Crippen LogP contribution in [0.15, 0.2) is 35.2 Å². The highest BCUT2D eigenvalue weighted by molar-refractivity contribution is 7.89. The van der Waals surface area contributed by atoms with Crippen molar-refractivity contribution in [3.05, 3.63) is 30.3 Å². The molecule has 0 spiro atoms. The number of rotatable bonds is 11. The van der Waals surface area contributed by atoms with Gasteiger partial charge < -0.3 is 15.1 Å². The molecule has 0 atom stereocenters. The van der Waals surface area contributed by atoms with E-state index in [2.05, 4.69) is 10.2 Å². The number of unbranched alkanes of at least 4 members (excludes halogenated alkanes) is 5. The standard InChI is InChI=1S/C23H36N4O3S2/c1-23(2)21(28)24-22(31)27(23)15-11-6-4-3-5-10-14-25-16-18-26(19-17-25)32(29,30)20-12-8-7-9-13-20/h7-9,12-13H,3-6,10-11,14-19H2,1-2H3,(H,24,28,31). The Kier molecular flexibility index (Phi) is 8.66. The third kappa shape index (κ3) is 6.07. The second-order valence-corrected chi connectivity index (χ2v) is 11.5. The molecule has 0 unspecified atom stereocenters. The van der Waals surface area contributed by atoms with Crippen LogP contribution in [0.25, 0.3) is 0 Å². The summed E-state index contributed by atoms with van der Waals surface area (Å²) in [6, 6.07) is 8.70. The van der Waals surface area contributed by atoms with Crippen LogP contribution in [0.3, 0.4) is 0 Å². The lowest BCUT2D eigenvalue weighted by Crippen LogP contribution is -2.48. The van der Waals surface area contributed by atoms with E-state index >= 15 is 0 Å². The number of sulfonamides is 1. The minimum Gasteiger partial charge on any atom is -0.335 e. The Morgan fingerprint density at radius 2 is 1.47 bits per heavy atom. The number of hydrogen-bond acceptors (Lipinski definition) is 5. The lowest BCUT2D eigenvalue weighted by atomic mass is 10.0. The first-order valence-corrected chi connectivity index (χ1v) is 13.5. The Morgan fingerprint density at radius 1 is 0.906 bits per heavy atom. The van der Waals surface area contributed by atoms with Crippen LogP contribution in [0.5, 0.6) is 0 Å². The highest BCUT2D eigenvalue weighted by atomic mass is 32.2. The zero-order valence-electron chi connectivity index (χ0n) is 19.3. The molecule has 1 amide bonds. The van der Waals surface area contributed by atoms with Crippen molar-refractivity contribution in [1.82, 2.24) is 19.4 Å². The molecule has 3 rings (SSSR count). The van der Waals surface area contributed by atoms with E-state index in [1.54, 1.807) is 28.6 Å². The normalized spacial score (nSPS) is 20.0. The molecule has 2 heterocycles. The molecule has 0 radical (unpaired) electrons. The van der Waals surface area contributed by atoms with E-state index < -0.39 is 15.6 Å². The molecule has 2 saturated heterocycles. The van der Waals surface area contributed by atoms with E-state index in [1.807, 2.05) is 24.8 Å². The topological polar surface area (TPSA) is 73.0 Å². The summed E-state index contributed by atoms with van der Waals surface area (Å²) in [5, 5.41) is 3.31. The first-order chi connectivity index (χ1) is 15.2. The van der Waals surface area contributed by atoms with Crippen molar-refractivity contribution in [2.24, 2.45) is 0 Å². The SMILES string of the molecule is CC1(C)C(=O)NC(=S)N1CCCCCCCCN1CCN(S(=O)(=O)c2ccccc2)CC1. The van der Waals surface area contributed by atoms with Crippen molar-refractivity contribution >= 4 is 33.3 Å². The quantitative estimate of drug-likeness (QED) is 0.388. The van der Waals surface area contributed by atoms with Gasteiger partial charge in [-0.15, -0.1) is 0 Å². The fourth-order valence-electron chi connectivity index (χ4n) is 4.32. The number of nitrogens with one attached hydrogen (secondary N) is 1. The van der Waals surface area contributed by atoms with Gasteiger partial charge in [0.1, 0.15) is 5.54 Å². The van der Waals surface area contributed by atoms with E-state index in [9.17, 15) is 13.2 Å². The molecule has 2 fully saturated rings. The lowest BCUT2D eigenvalue weighted by Gasteiger charge is -2.34. The molecule has 0 aliphatic carbocycles. The zero-order chi connectivity index (χ0) is 23.2. The monoisotopic (exact) mass is 480 g/mol. The average molecular weight is 481 g/mol. The maximum Gasteiger partial charge on any atom is 0.251 e. The molecule has 7 nitrogen and oxygen atoms in total. The second kappa shape index (κ2) is 11.0. The Labute approximate surface area is 198 Å². The second-order valence-electron chi connectivity index (χ2n) is 9.15. The van der Waals surface area contributed by atoms with E-state index in [1.165, 1.54) is 19.3 Å². The Morgan fingerprint density at radius 3 is 2.03 bits per heavy atom. The van der Waals surface area contributed by atoms with Gasteiger partial charge in [0.15, 0.2) is 5.11 Å². The van der Waals surface area contributed by atoms with Gasteiger partial charge >= 0.3 is 0 Å². The van der Waals surface area contributed by atoms with Crippen LogP contribution < -0.4 is 5.32 Å². The van der Waals surface area contributed by atoms with Crippen molar-refractivity contribution in [2.75, 3.05) is 39.3 Å². The molecule has 32 heavy (non-hydrogen) atoms. The number of carbonyl (C=O) groups is 1. The molecule has 0 bridgehead atoms. The molecule has 2 aliphatic heterocycles. The third-order valence-electron chi connectivity index (χ3n) is 6.51. The number of thiocarbonyl (C=S) groups is 1. The van der Waals surface area contributed by atoms with Crippen LogP contribution >= 0.6 is 12.2 Å². The van der Waals surface area contributed by atoms with Crippen molar-refractivity contribution in [3.8, 4) is 0 Å². The first kappa shape index (κ1) is 25.1. The summed E-state index contributed by atoms with van der Waals surface area (Å²) < 4.78 is 27.0. The molecular weight excluding hydrogens is 444 g/mol. The maximum atomic E-state index is 12.7. The van der Waals surface area contributed by atoms with E-state index in [0.717, 1.165) is 45.4 Å². The number of amides is 1. The van der Waals surface area contributed by atoms with Gasteiger partial charge in [0.2, 0.25) is 10.0 Å². The summed E-state index contributed by atoms with van der Waals surface area (Å²) in [7, 11) is -3.37. The molecule has 178 valence electrons. The van der Waals surface area contributed by atoms with Gasteiger partial charge in [-0.2, -0.15) is 4.31 Å². The fourth-order valence-corrected chi connectivity index (χ4v) is 6.18. The van der Waals surface area contributed by atoms with Gasteiger partial charge in [-0.05, 0) is 57.6 Å². The molecule has 0 aromatic heterocycles. The molecule has 2 aliphatic rings. The van der Waals surface area contributed by atoms with Crippen molar-refractivity contribution in [2.45, 2.75) is 62.8 Å². The van der Waals surface area contributed by atoms with Gasteiger partial charge in [-0.1, -0.05) is 43.9 Å². The van der Waals surface area contributed by atoms with Gasteiger partial charge in [-0.3, -0.25) is 4.79 Å². The summed E-state index contributed by atoms with van der Waals surface area (Å²) in [5.41, 5.74) is -0.540. The predicted octanol–water partition coefficient (Wildman–Crippen LogP) is 2.83. The molecule has 1 aromatic carbocycles. The number of nitrogens with zero attached hydrogens (tertiary/aromatic N) is 3. The number of hydrogen-bond donors (Lipinski definition) is 1. The number of benzene rings is 1. The minimum atomic E-state index is -3.37. The minimum absolute atomic E-state index is 0.0130. The van der Waals surface area contributed by atoms with Gasteiger partial charge in [0, 0.05) is 32.7 Å². The van der Waals surface area contributed by atoms with E-state index in [0.29, 0.717) is 23.1 Å². The van der Waals surface area contributed by atoms with Crippen molar-refractivity contribution in [1.29, 1.82) is 0 Å². The summed E-state index contributed by atoms with van der Waals surface area (Å²) in [6.45, 7) is 8.39. The van der Waals surface area contributed by atoms with Gasteiger partial charge in [0.25, 0.3) is 5.91 Å². The predicted molar refractivity (Wildman–Crippen MR) is 131 cm³/mol. The van der Waals surface area contributed by atoms with Gasteiger partial charge in [0.05, 0.1) is 4.90 Å². The number of piperazine rings is 1.